The molecule has 0 aliphatic rings. The largest absolute Gasteiger partial charge is 0.419 e. The molecule has 0 amide bonds. The third-order valence-corrected chi connectivity index (χ3v) is 3.15. The lowest BCUT2D eigenvalue weighted by atomic mass is 10.2. The van der Waals surface area contributed by atoms with E-state index in [0.717, 1.165) is 6.07 Å². The zero-order valence-electron chi connectivity index (χ0n) is 9.93. The number of hydrogen-bond donors (Lipinski definition) is 0. The van der Waals surface area contributed by atoms with E-state index in [4.69, 9.17) is 0 Å². The van der Waals surface area contributed by atoms with Gasteiger partial charge in [0.15, 0.2) is 0 Å². The first-order valence-electron chi connectivity index (χ1n) is 5.32. The molecule has 1 aromatic rings. The first kappa shape index (κ1) is 15.8. The van der Waals surface area contributed by atoms with Crippen molar-refractivity contribution < 1.29 is 13.2 Å². The number of pyridine rings is 1. The van der Waals surface area contributed by atoms with Crippen molar-refractivity contribution in [2.45, 2.75) is 26.1 Å². The summed E-state index contributed by atoms with van der Waals surface area (Å²) in [6, 6.07) is 1.00. The summed E-state index contributed by atoms with van der Waals surface area (Å²) in [4.78, 5) is 5.55. The van der Waals surface area contributed by atoms with Crippen molar-refractivity contribution in [3.05, 3.63) is 22.3 Å². The molecule has 0 fully saturated rings. The Labute approximate surface area is 121 Å². The van der Waals surface area contributed by atoms with Crippen LogP contribution in [-0.4, -0.2) is 22.9 Å². The van der Waals surface area contributed by atoms with Crippen molar-refractivity contribution in [1.29, 1.82) is 0 Å². The molecule has 0 radical (unpaired) electrons. The van der Waals surface area contributed by atoms with E-state index in [2.05, 4.69) is 36.8 Å². The minimum atomic E-state index is -4.41. The highest BCUT2D eigenvalue weighted by atomic mass is 79.9. The molecule has 18 heavy (non-hydrogen) atoms. The van der Waals surface area contributed by atoms with Crippen molar-refractivity contribution in [3.8, 4) is 0 Å². The van der Waals surface area contributed by atoms with E-state index in [9.17, 15) is 13.2 Å². The Balaban J connectivity index is 3.29. The molecule has 0 aliphatic carbocycles. The van der Waals surface area contributed by atoms with Crippen LogP contribution in [0.4, 0.5) is 19.0 Å². The van der Waals surface area contributed by atoms with E-state index in [1.54, 1.807) is 4.90 Å². The van der Waals surface area contributed by atoms with Gasteiger partial charge in [-0.3, -0.25) is 0 Å². The van der Waals surface area contributed by atoms with E-state index in [1.165, 1.54) is 6.20 Å². The maximum absolute atomic E-state index is 13.0. The lowest BCUT2D eigenvalue weighted by molar-refractivity contribution is -0.137. The zero-order valence-corrected chi connectivity index (χ0v) is 13.1. The number of nitrogens with zero attached hydrogens (tertiary/aromatic N) is 2. The Morgan fingerprint density at radius 3 is 2.44 bits per heavy atom. The van der Waals surface area contributed by atoms with Crippen LogP contribution in [0.5, 0.6) is 0 Å². The number of hydrogen-bond acceptors (Lipinski definition) is 2. The minimum Gasteiger partial charge on any atom is -0.353 e. The number of anilines is 1. The molecule has 0 unspecified atom stereocenters. The molecule has 0 spiro atoms. The summed E-state index contributed by atoms with van der Waals surface area (Å²) in [6.45, 7) is 4.15. The van der Waals surface area contributed by atoms with E-state index in [1.807, 2.05) is 13.8 Å². The highest BCUT2D eigenvalue weighted by Crippen LogP contribution is 2.37. The minimum absolute atomic E-state index is 0.0276. The van der Waals surface area contributed by atoms with Crippen LogP contribution in [0.25, 0.3) is 0 Å². The summed E-state index contributed by atoms with van der Waals surface area (Å²) < 4.78 is 39.3. The van der Waals surface area contributed by atoms with Crippen LogP contribution < -0.4 is 4.90 Å². The molecule has 0 atom stereocenters. The van der Waals surface area contributed by atoms with Gasteiger partial charge in [0.1, 0.15) is 5.82 Å². The summed E-state index contributed by atoms with van der Waals surface area (Å²) in [5.74, 6) is -0.0276. The normalized spacial score (nSPS) is 12.0. The molecular weight excluding hydrogens is 377 g/mol. The number of rotatable bonds is 4. The van der Waals surface area contributed by atoms with E-state index >= 15 is 0 Å². The van der Waals surface area contributed by atoms with Crippen molar-refractivity contribution in [1.82, 2.24) is 4.98 Å². The lowest BCUT2D eigenvalue weighted by Gasteiger charge is -2.29. The number of aromatic nitrogens is 1. The fourth-order valence-electron chi connectivity index (χ4n) is 1.57. The van der Waals surface area contributed by atoms with E-state index < -0.39 is 11.7 Å². The van der Waals surface area contributed by atoms with E-state index in [-0.39, 0.29) is 11.9 Å². The smallest absolute Gasteiger partial charge is 0.353 e. The molecule has 1 rings (SSSR count). The van der Waals surface area contributed by atoms with Gasteiger partial charge in [0.25, 0.3) is 0 Å². The Kier molecular flexibility index (Phi) is 5.46. The van der Waals surface area contributed by atoms with Crippen LogP contribution in [0.2, 0.25) is 0 Å². The Hall–Kier alpha value is -0.300. The second-order valence-corrected chi connectivity index (χ2v) is 5.71. The predicted molar refractivity (Wildman–Crippen MR) is 73.2 cm³/mol. The first-order chi connectivity index (χ1) is 8.27. The van der Waals surface area contributed by atoms with Gasteiger partial charge < -0.3 is 4.90 Å². The molecule has 102 valence electrons. The molecule has 1 aromatic heterocycles. The molecule has 0 saturated heterocycles. The third kappa shape index (κ3) is 3.85. The summed E-state index contributed by atoms with van der Waals surface area (Å²) in [6.07, 6.45) is -3.03. The Bertz CT molecular complexity index is 408. The summed E-state index contributed by atoms with van der Waals surface area (Å²) in [5.41, 5.74) is -0.716. The highest BCUT2D eigenvalue weighted by molar-refractivity contribution is 9.10. The SMILES string of the molecule is CC(C)N(CCBr)c1ncc(Br)cc1C(F)(F)F. The molecule has 0 aromatic carbocycles. The van der Waals surface area contributed by atoms with Crippen LogP contribution in [-0.2, 0) is 6.18 Å². The van der Waals surface area contributed by atoms with Crippen LogP contribution in [0.3, 0.4) is 0 Å². The van der Waals surface area contributed by atoms with Crippen LogP contribution >= 0.6 is 31.9 Å². The fraction of sp³-hybridized carbons (Fsp3) is 0.545. The van der Waals surface area contributed by atoms with Gasteiger partial charge in [0.2, 0.25) is 0 Å². The van der Waals surface area contributed by atoms with Crippen molar-refractivity contribution in [2.75, 3.05) is 16.8 Å². The summed E-state index contributed by atoms with van der Waals surface area (Å²) in [5, 5.41) is 0.584. The van der Waals surface area contributed by atoms with Gasteiger partial charge in [0.05, 0.1) is 5.56 Å². The van der Waals surface area contributed by atoms with Gasteiger partial charge in [0, 0.05) is 28.6 Å². The molecule has 2 nitrogen and oxygen atoms in total. The lowest BCUT2D eigenvalue weighted by Crippen LogP contribution is -2.35. The van der Waals surface area contributed by atoms with Crippen LogP contribution in [0, 0.1) is 0 Å². The highest BCUT2D eigenvalue weighted by Gasteiger charge is 2.36. The average Bonchev–Trinajstić information content (AvgIpc) is 2.24. The Morgan fingerprint density at radius 2 is 2.00 bits per heavy atom. The maximum Gasteiger partial charge on any atom is 0.419 e. The number of halogens is 5. The molecule has 0 saturated carbocycles. The quantitative estimate of drug-likeness (QED) is 0.706. The molecule has 1 heterocycles. The molecular formula is C11H13Br2F3N2. The molecule has 0 bridgehead atoms. The standard InChI is InChI=1S/C11H13Br2F3N2/c1-7(2)18(4-3-12)10-9(11(14,15)16)5-8(13)6-17-10/h5-7H,3-4H2,1-2H3. The van der Waals surface area contributed by atoms with Gasteiger partial charge in [-0.15, -0.1) is 0 Å². The topological polar surface area (TPSA) is 16.1 Å². The molecule has 0 aliphatic heterocycles. The van der Waals surface area contributed by atoms with Crippen molar-refractivity contribution in [2.24, 2.45) is 0 Å². The maximum atomic E-state index is 13.0. The van der Waals surface area contributed by atoms with Crippen LogP contribution in [0.15, 0.2) is 16.7 Å². The summed E-state index contributed by atoms with van der Waals surface area (Å²) >= 11 is 6.27. The van der Waals surface area contributed by atoms with Gasteiger partial charge in [-0.1, -0.05) is 15.9 Å². The van der Waals surface area contributed by atoms with E-state index in [0.29, 0.717) is 16.3 Å². The van der Waals surface area contributed by atoms with Crippen molar-refractivity contribution in [3.63, 3.8) is 0 Å². The van der Waals surface area contributed by atoms with Gasteiger partial charge in [-0.05, 0) is 35.8 Å². The average molecular weight is 390 g/mol. The number of alkyl halides is 4. The zero-order chi connectivity index (χ0) is 13.9. The Morgan fingerprint density at radius 1 is 1.39 bits per heavy atom. The van der Waals surface area contributed by atoms with Crippen LogP contribution in [0.1, 0.15) is 19.4 Å². The monoisotopic (exact) mass is 388 g/mol. The van der Waals surface area contributed by atoms with Gasteiger partial charge in [-0.25, -0.2) is 4.98 Å². The second-order valence-electron chi connectivity index (χ2n) is 4.00. The predicted octanol–water partition coefficient (Wildman–Crippen LogP) is 4.47. The second kappa shape index (κ2) is 6.23. The molecule has 7 heteroatoms. The summed E-state index contributed by atoms with van der Waals surface area (Å²) in [7, 11) is 0. The fourth-order valence-corrected chi connectivity index (χ4v) is 2.28. The van der Waals surface area contributed by atoms with Crippen molar-refractivity contribution >= 4 is 37.7 Å². The third-order valence-electron chi connectivity index (χ3n) is 2.36. The van der Waals surface area contributed by atoms with Gasteiger partial charge in [-0.2, -0.15) is 13.2 Å². The van der Waals surface area contributed by atoms with Gasteiger partial charge >= 0.3 is 6.18 Å². The first-order valence-corrected chi connectivity index (χ1v) is 7.24. The molecule has 0 N–H and O–H groups in total.